The van der Waals surface area contributed by atoms with E-state index in [4.69, 9.17) is 4.74 Å². The quantitative estimate of drug-likeness (QED) is 0.642. The van der Waals surface area contributed by atoms with Crippen molar-refractivity contribution in [1.82, 2.24) is 14.4 Å². The highest BCUT2D eigenvalue weighted by molar-refractivity contribution is 7.10. The summed E-state index contributed by atoms with van der Waals surface area (Å²) in [6.45, 7) is 6.12. The van der Waals surface area contributed by atoms with Crippen molar-refractivity contribution in [3.8, 4) is 0 Å². The van der Waals surface area contributed by atoms with Crippen LogP contribution in [0.15, 0.2) is 34.7 Å². The summed E-state index contributed by atoms with van der Waals surface area (Å²) in [7, 11) is 0. The van der Waals surface area contributed by atoms with Crippen LogP contribution >= 0.6 is 11.3 Å². The predicted octanol–water partition coefficient (Wildman–Crippen LogP) is 3.62. The molecule has 0 N–H and O–H groups in total. The van der Waals surface area contributed by atoms with E-state index in [-0.39, 0.29) is 12.2 Å². The van der Waals surface area contributed by atoms with Crippen LogP contribution in [-0.2, 0) is 4.74 Å². The molecule has 3 heterocycles. The van der Waals surface area contributed by atoms with Gasteiger partial charge in [0.15, 0.2) is 0 Å². The Kier molecular flexibility index (Phi) is 5.27. The van der Waals surface area contributed by atoms with Crippen LogP contribution in [0.5, 0.6) is 0 Å². The highest BCUT2D eigenvalue weighted by Gasteiger charge is 2.14. The van der Waals surface area contributed by atoms with Gasteiger partial charge in [-0.05, 0) is 36.6 Å². The fourth-order valence-corrected chi connectivity index (χ4v) is 3.22. The minimum atomic E-state index is -0.659. The van der Waals surface area contributed by atoms with E-state index in [1.807, 2.05) is 12.2 Å². The monoisotopic (exact) mass is 369 g/mol. The van der Waals surface area contributed by atoms with E-state index in [9.17, 15) is 9.59 Å². The van der Waals surface area contributed by atoms with E-state index in [0.29, 0.717) is 11.6 Å². The summed E-state index contributed by atoms with van der Waals surface area (Å²) in [5.41, 5.74) is 1.92. The summed E-state index contributed by atoms with van der Waals surface area (Å²) >= 11 is 1.59. The average Bonchev–Trinajstić information content (AvgIpc) is 3.09. The van der Waals surface area contributed by atoms with Gasteiger partial charge in [-0.3, -0.25) is 9.20 Å². The number of thiazole rings is 1. The second kappa shape index (κ2) is 7.61. The number of aromatic nitrogens is 3. The molecule has 26 heavy (non-hydrogen) atoms. The van der Waals surface area contributed by atoms with Crippen LogP contribution in [0.25, 0.3) is 17.8 Å². The molecule has 0 bridgehead atoms. The number of esters is 1. The zero-order valence-electron chi connectivity index (χ0n) is 14.8. The highest BCUT2D eigenvalue weighted by Crippen LogP contribution is 2.19. The Morgan fingerprint density at radius 3 is 2.88 bits per heavy atom. The number of hydrogen-bond donors (Lipinski definition) is 0. The van der Waals surface area contributed by atoms with Crippen molar-refractivity contribution in [3.63, 3.8) is 0 Å². The lowest BCUT2D eigenvalue weighted by Gasteiger charge is -2.04. The topological polar surface area (TPSA) is 73.6 Å². The van der Waals surface area contributed by atoms with Crippen LogP contribution < -0.4 is 5.56 Å². The van der Waals surface area contributed by atoms with Gasteiger partial charge >= 0.3 is 5.97 Å². The molecule has 0 saturated carbocycles. The minimum absolute atomic E-state index is 0.0726. The number of nitrogens with zero attached hydrogens (tertiary/aromatic N) is 3. The van der Waals surface area contributed by atoms with Crippen molar-refractivity contribution in [2.45, 2.75) is 26.7 Å². The van der Waals surface area contributed by atoms with Crippen molar-refractivity contribution < 1.29 is 9.53 Å². The standard InChI is InChI=1S/C19H19N3O3S/c1-4-25-19(24)14-10-20-16-9-13(7-8-22(16)18(14)23)5-6-17-21-15(11-26-17)12(2)3/h5-12H,4H2,1-3H3/b6-5+. The molecule has 0 unspecified atom stereocenters. The molecule has 0 aromatic carbocycles. The molecule has 0 amide bonds. The second-order valence-electron chi connectivity index (χ2n) is 5.98. The Hall–Kier alpha value is -2.80. The van der Waals surface area contributed by atoms with Gasteiger partial charge in [0, 0.05) is 17.8 Å². The molecule has 0 spiro atoms. The molecule has 7 heteroatoms. The van der Waals surface area contributed by atoms with E-state index < -0.39 is 11.5 Å². The van der Waals surface area contributed by atoms with Gasteiger partial charge in [0.1, 0.15) is 16.2 Å². The molecule has 0 atom stereocenters. The number of ether oxygens (including phenoxy) is 1. The van der Waals surface area contributed by atoms with Crippen molar-refractivity contribution in [1.29, 1.82) is 0 Å². The van der Waals surface area contributed by atoms with Crippen LogP contribution in [0, 0.1) is 0 Å². The minimum Gasteiger partial charge on any atom is -0.462 e. The van der Waals surface area contributed by atoms with E-state index in [2.05, 4.69) is 29.2 Å². The lowest BCUT2D eigenvalue weighted by molar-refractivity contribution is 0.0523. The zero-order valence-corrected chi connectivity index (χ0v) is 15.6. The maximum absolute atomic E-state index is 12.4. The molecule has 0 aliphatic rings. The summed E-state index contributed by atoms with van der Waals surface area (Å²) in [6.07, 6.45) is 6.73. The maximum atomic E-state index is 12.4. The van der Waals surface area contributed by atoms with Gasteiger partial charge in [-0.25, -0.2) is 14.8 Å². The molecule has 3 aromatic heterocycles. The van der Waals surface area contributed by atoms with Gasteiger partial charge < -0.3 is 4.74 Å². The first-order valence-electron chi connectivity index (χ1n) is 8.31. The summed E-state index contributed by atoms with van der Waals surface area (Å²) < 4.78 is 6.22. The SMILES string of the molecule is CCOC(=O)c1cnc2cc(/C=C/c3nc(C(C)C)cs3)ccn2c1=O. The molecule has 0 aliphatic carbocycles. The highest BCUT2D eigenvalue weighted by atomic mass is 32.1. The van der Waals surface area contributed by atoms with Gasteiger partial charge in [0.2, 0.25) is 0 Å². The van der Waals surface area contributed by atoms with Crippen molar-refractivity contribution >= 4 is 35.1 Å². The molecule has 6 nitrogen and oxygen atoms in total. The van der Waals surface area contributed by atoms with E-state index in [1.165, 1.54) is 10.6 Å². The number of hydrogen-bond acceptors (Lipinski definition) is 6. The normalized spacial score (nSPS) is 11.5. The first kappa shape index (κ1) is 18.0. The molecule has 3 aromatic rings. The number of carbonyl (C=O) groups excluding carboxylic acids is 1. The van der Waals surface area contributed by atoms with Crippen molar-refractivity contribution in [3.05, 3.63) is 62.1 Å². The number of fused-ring (bicyclic) bond motifs is 1. The molecular weight excluding hydrogens is 350 g/mol. The number of rotatable bonds is 5. The third-order valence-corrected chi connectivity index (χ3v) is 4.61. The number of pyridine rings is 1. The lowest BCUT2D eigenvalue weighted by atomic mass is 10.2. The second-order valence-corrected chi connectivity index (χ2v) is 6.87. The molecule has 0 saturated heterocycles. The van der Waals surface area contributed by atoms with Gasteiger partial charge in [0.25, 0.3) is 5.56 Å². The molecule has 0 radical (unpaired) electrons. The van der Waals surface area contributed by atoms with Crippen molar-refractivity contribution in [2.24, 2.45) is 0 Å². The van der Waals surface area contributed by atoms with Gasteiger partial charge in [-0.1, -0.05) is 19.9 Å². The Morgan fingerprint density at radius 1 is 1.38 bits per heavy atom. The van der Waals surface area contributed by atoms with Crippen LogP contribution in [0.1, 0.15) is 53.3 Å². The van der Waals surface area contributed by atoms with Gasteiger partial charge in [-0.2, -0.15) is 0 Å². The summed E-state index contributed by atoms with van der Waals surface area (Å²) in [5.74, 6) is -0.258. The first-order chi connectivity index (χ1) is 12.5. The van der Waals surface area contributed by atoms with Crippen LogP contribution in [-0.4, -0.2) is 26.9 Å². The Labute approximate surface area is 154 Å². The third-order valence-electron chi connectivity index (χ3n) is 3.78. The largest absolute Gasteiger partial charge is 0.462 e. The lowest BCUT2D eigenvalue weighted by Crippen LogP contribution is -2.24. The third kappa shape index (κ3) is 3.72. The van der Waals surface area contributed by atoms with Gasteiger partial charge in [-0.15, -0.1) is 11.3 Å². The van der Waals surface area contributed by atoms with Crippen LogP contribution in [0.4, 0.5) is 0 Å². The Morgan fingerprint density at radius 2 is 2.19 bits per heavy atom. The molecule has 134 valence electrons. The average molecular weight is 369 g/mol. The smallest absolute Gasteiger partial charge is 0.345 e. The fourth-order valence-electron chi connectivity index (χ4n) is 2.35. The van der Waals surface area contributed by atoms with E-state index in [1.54, 1.807) is 36.6 Å². The van der Waals surface area contributed by atoms with Crippen molar-refractivity contribution in [2.75, 3.05) is 6.61 Å². The number of carbonyl (C=O) groups is 1. The molecule has 3 rings (SSSR count). The molecular formula is C19H19N3O3S. The van der Waals surface area contributed by atoms with E-state index in [0.717, 1.165) is 16.3 Å². The maximum Gasteiger partial charge on any atom is 0.345 e. The first-order valence-corrected chi connectivity index (χ1v) is 9.19. The van der Waals surface area contributed by atoms with Crippen LogP contribution in [0.2, 0.25) is 0 Å². The Balaban J connectivity index is 1.89. The fraction of sp³-hybridized carbons (Fsp3) is 0.263. The summed E-state index contributed by atoms with van der Waals surface area (Å²) in [5, 5.41) is 2.99. The summed E-state index contributed by atoms with van der Waals surface area (Å²) in [4.78, 5) is 33.0. The van der Waals surface area contributed by atoms with Gasteiger partial charge in [0.05, 0.1) is 12.3 Å². The zero-order chi connectivity index (χ0) is 18.7. The molecule has 0 aliphatic heterocycles. The predicted molar refractivity (Wildman–Crippen MR) is 103 cm³/mol. The van der Waals surface area contributed by atoms with E-state index >= 15 is 0 Å². The molecule has 0 fully saturated rings. The Bertz CT molecular complexity index is 1030. The summed E-state index contributed by atoms with van der Waals surface area (Å²) in [6, 6.07) is 3.57. The van der Waals surface area contributed by atoms with Crippen LogP contribution in [0.3, 0.4) is 0 Å².